The predicted octanol–water partition coefficient (Wildman–Crippen LogP) is 1.33. The van der Waals surface area contributed by atoms with Gasteiger partial charge in [0.05, 0.1) is 24.9 Å². The topological polar surface area (TPSA) is 84.2 Å². The quantitative estimate of drug-likeness (QED) is 0.834. The minimum atomic E-state index is -0.0349. The van der Waals surface area contributed by atoms with Gasteiger partial charge in [0, 0.05) is 5.56 Å². The Kier molecular flexibility index (Phi) is 2.49. The molecule has 0 radical (unpaired) electrons. The summed E-state index contributed by atoms with van der Waals surface area (Å²) in [6, 6.07) is 7.44. The largest absolute Gasteiger partial charge is 0.384 e. The van der Waals surface area contributed by atoms with Crippen molar-refractivity contribution in [3.63, 3.8) is 0 Å². The van der Waals surface area contributed by atoms with Crippen LogP contribution in [0.4, 0.5) is 11.5 Å². The standard InChI is InChI=1S/C12H12N4O2/c13-12-10(7-14-15-12)8-2-1-3-9(6-8)16-11(17)4-5-18-16/h1-3,6-7H,4-5H2,(H3,13,14,15). The van der Waals surface area contributed by atoms with Crippen LogP contribution in [-0.4, -0.2) is 22.7 Å². The number of anilines is 2. The van der Waals surface area contributed by atoms with E-state index < -0.39 is 0 Å². The van der Waals surface area contributed by atoms with Crippen molar-refractivity contribution in [2.75, 3.05) is 17.4 Å². The van der Waals surface area contributed by atoms with Crippen LogP contribution in [0.2, 0.25) is 0 Å². The van der Waals surface area contributed by atoms with E-state index >= 15 is 0 Å². The Morgan fingerprint density at radius 1 is 1.44 bits per heavy atom. The highest BCUT2D eigenvalue weighted by molar-refractivity contribution is 5.93. The number of nitrogens with zero attached hydrogens (tertiary/aromatic N) is 2. The van der Waals surface area contributed by atoms with Crippen LogP contribution in [0.25, 0.3) is 11.1 Å². The SMILES string of the molecule is Nc1[nH]ncc1-c1cccc(N2OCCC2=O)c1. The molecule has 3 rings (SSSR count). The van der Waals surface area contributed by atoms with Gasteiger partial charge in [-0.25, -0.2) is 0 Å². The molecular formula is C12H12N4O2. The zero-order valence-corrected chi connectivity index (χ0v) is 9.59. The molecule has 1 aliphatic heterocycles. The van der Waals surface area contributed by atoms with Crippen LogP contribution in [0.5, 0.6) is 0 Å². The van der Waals surface area contributed by atoms with Crippen LogP contribution in [-0.2, 0) is 9.63 Å². The summed E-state index contributed by atoms with van der Waals surface area (Å²) in [5.74, 6) is 0.466. The first-order valence-electron chi connectivity index (χ1n) is 5.61. The van der Waals surface area contributed by atoms with Gasteiger partial charge >= 0.3 is 0 Å². The van der Waals surface area contributed by atoms with Gasteiger partial charge < -0.3 is 5.73 Å². The number of amides is 1. The van der Waals surface area contributed by atoms with Crippen LogP contribution in [0.3, 0.4) is 0 Å². The van der Waals surface area contributed by atoms with Gasteiger partial charge in [-0.1, -0.05) is 12.1 Å². The lowest BCUT2D eigenvalue weighted by Crippen LogP contribution is -2.22. The fourth-order valence-corrected chi connectivity index (χ4v) is 1.94. The first-order chi connectivity index (χ1) is 8.75. The Morgan fingerprint density at radius 2 is 2.33 bits per heavy atom. The van der Waals surface area contributed by atoms with Gasteiger partial charge in [-0.15, -0.1) is 0 Å². The van der Waals surface area contributed by atoms with Crippen molar-refractivity contribution < 1.29 is 9.63 Å². The molecule has 18 heavy (non-hydrogen) atoms. The summed E-state index contributed by atoms with van der Waals surface area (Å²) >= 11 is 0. The number of nitrogens with two attached hydrogens (primary N) is 1. The maximum absolute atomic E-state index is 11.6. The Hall–Kier alpha value is -2.34. The molecule has 6 nitrogen and oxygen atoms in total. The molecule has 1 saturated heterocycles. The van der Waals surface area contributed by atoms with Gasteiger partial charge in [0.1, 0.15) is 5.82 Å². The van der Waals surface area contributed by atoms with Crippen molar-refractivity contribution in [3.05, 3.63) is 30.5 Å². The van der Waals surface area contributed by atoms with E-state index in [1.54, 1.807) is 6.20 Å². The first kappa shape index (κ1) is 10.8. The lowest BCUT2D eigenvalue weighted by Gasteiger charge is -2.14. The third kappa shape index (κ3) is 1.72. The predicted molar refractivity (Wildman–Crippen MR) is 66.5 cm³/mol. The van der Waals surface area contributed by atoms with E-state index in [1.807, 2.05) is 24.3 Å². The molecule has 1 aliphatic rings. The summed E-state index contributed by atoms with van der Waals surface area (Å²) in [4.78, 5) is 16.9. The van der Waals surface area contributed by atoms with Crippen LogP contribution in [0.1, 0.15) is 6.42 Å². The molecule has 92 valence electrons. The van der Waals surface area contributed by atoms with Gasteiger partial charge in [-0.3, -0.25) is 14.7 Å². The van der Waals surface area contributed by atoms with E-state index in [1.165, 1.54) is 5.06 Å². The fourth-order valence-electron chi connectivity index (χ4n) is 1.94. The molecule has 0 spiro atoms. The average Bonchev–Trinajstić information content (AvgIpc) is 2.98. The number of aromatic amines is 1. The van der Waals surface area contributed by atoms with Crippen molar-refractivity contribution in [1.29, 1.82) is 0 Å². The molecule has 0 unspecified atom stereocenters. The zero-order valence-electron chi connectivity index (χ0n) is 9.59. The average molecular weight is 244 g/mol. The van der Waals surface area contributed by atoms with Crippen molar-refractivity contribution >= 4 is 17.4 Å². The molecule has 3 N–H and O–H groups in total. The second kappa shape index (κ2) is 4.15. The number of hydrogen-bond donors (Lipinski definition) is 2. The molecule has 1 amide bonds. The van der Waals surface area contributed by atoms with Gasteiger partial charge in [0.2, 0.25) is 0 Å². The molecule has 1 fully saturated rings. The monoisotopic (exact) mass is 244 g/mol. The lowest BCUT2D eigenvalue weighted by molar-refractivity contribution is -0.119. The smallest absolute Gasteiger partial charge is 0.253 e. The fraction of sp³-hybridized carbons (Fsp3) is 0.167. The highest BCUT2D eigenvalue weighted by Gasteiger charge is 2.23. The van der Waals surface area contributed by atoms with E-state index in [9.17, 15) is 4.79 Å². The van der Waals surface area contributed by atoms with E-state index in [0.29, 0.717) is 24.5 Å². The van der Waals surface area contributed by atoms with Crippen LogP contribution >= 0.6 is 0 Å². The Bertz CT molecular complexity index is 593. The number of hydroxylamine groups is 1. The third-order valence-electron chi connectivity index (χ3n) is 2.82. The molecule has 1 aromatic heterocycles. The maximum Gasteiger partial charge on any atom is 0.253 e. The zero-order chi connectivity index (χ0) is 12.5. The van der Waals surface area contributed by atoms with Gasteiger partial charge in [0.25, 0.3) is 5.91 Å². The van der Waals surface area contributed by atoms with E-state index in [-0.39, 0.29) is 5.91 Å². The summed E-state index contributed by atoms with van der Waals surface area (Å²) in [5, 5.41) is 7.88. The second-order valence-corrected chi connectivity index (χ2v) is 4.02. The lowest BCUT2D eigenvalue weighted by atomic mass is 10.1. The third-order valence-corrected chi connectivity index (χ3v) is 2.82. The van der Waals surface area contributed by atoms with E-state index in [2.05, 4.69) is 10.2 Å². The first-order valence-corrected chi connectivity index (χ1v) is 5.61. The summed E-state index contributed by atoms with van der Waals surface area (Å²) < 4.78 is 0. The molecule has 0 atom stereocenters. The number of nitrogens with one attached hydrogen (secondary N) is 1. The van der Waals surface area contributed by atoms with E-state index in [0.717, 1.165) is 11.1 Å². The van der Waals surface area contributed by atoms with Crippen molar-refractivity contribution in [2.45, 2.75) is 6.42 Å². The molecule has 1 aromatic carbocycles. The number of H-pyrrole nitrogens is 1. The molecule has 2 heterocycles. The van der Waals surface area contributed by atoms with Crippen molar-refractivity contribution in [2.24, 2.45) is 0 Å². The maximum atomic E-state index is 11.6. The van der Waals surface area contributed by atoms with Gasteiger partial charge in [-0.2, -0.15) is 10.2 Å². The highest BCUT2D eigenvalue weighted by Crippen LogP contribution is 2.29. The minimum absolute atomic E-state index is 0.0349. The number of carbonyl (C=O) groups is 1. The molecule has 0 saturated carbocycles. The van der Waals surface area contributed by atoms with Crippen LogP contribution in [0, 0.1) is 0 Å². The molecule has 0 aliphatic carbocycles. The summed E-state index contributed by atoms with van der Waals surface area (Å²) in [7, 11) is 0. The summed E-state index contributed by atoms with van der Waals surface area (Å²) in [6.45, 7) is 0.427. The van der Waals surface area contributed by atoms with Crippen LogP contribution < -0.4 is 10.8 Å². The summed E-state index contributed by atoms with van der Waals surface area (Å²) in [5.41, 5.74) is 8.18. The Morgan fingerprint density at radius 3 is 3.00 bits per heavy atom. The van der Waals surface area contributed by atoms with Crippen molar-refractivity contribution in [3.8, 4) is 11.1 Å². The number of carbonyl (C=O) groups excluding carboxylic acids is 1. The number of aromatic nitrogens is 2. The number of nitrogen functional groups attached to an aromatic ring is 1. The van der Waals surface area contributed by atoms with Gasteiger partial charge in [-0.05, 0) is 17.7 Å². The Labute approximate surface area is 103 Å². The van der Waals surface area contributed by atoms with Crippen LogP contribution in [0.15, 0.2) is 30.5 Å². The number of hydrogen-bond acceptors (Lipinski definition) is 4. The molecule has 0 bridgehead atoms. The summed E-state index contributed by atoms with van der Waals surface area (Å²) in [6.07, 6.45) is 2.07. The normalized spacial score (nSPS) is 15.3. The molecular weight excluding hydrogens is 232 g/mol. The van der Waals surface area contributed by atoms with Gasteiger partial charge in [0.15, 0.2) is 0 Å². The number of rotatable bonds is 2. The second-order valence-electron chi connectivity index (χ2n) is 4.02. The number of benzene rings is 1. The van der Waals surface area contributed by atoms with Crippen molar-refractivity contribution in [1.82, 2.24) is 10.2 Å². The molecule has 2 aromatic rings. The minimum Gasteiger partial charge on any atom is -0.384 e. The highest BCUT2D eigenvalue weighted by atomic mass is 16.7. The Balaban J connectivity index is 1.99. The van der Waals surface area contributed by atoms with E-state index in [4.69, 9.17) is 10.6 Å². The molecule has 6 heteroatoms.